The van der Waals surface area contributed by atoms with Crippen molar-refractivity contribution in [1.29, 1.82) is 0 Å². The molecule has 0 fully saturated rings. The second kappa shape index (κ2) is 5.82. The van der Waals surface area contributed by atoms with Crippen molar-refractivity contribution in [1.82, 2.24) is 0 Å². The fourth-order valence-electron chi connectivity index (χ4n) is 2.87. The van der Waals surface area contributed by atoms with Gasteiger partial charge in [-0.15, -0.1) is 0 Å². The van der Waals surface area contributed by atoms with Crippen LogP contribution in [0.25, 0.3) is 0 Å². The minimum absolute atomic E-state index is 0.105. The zero-order valence-electron chi connectivity index (χ0n) is 11.7. The molecule has 1 heterocycles. The molecular weight excluding hydrogens is 283 g/mol. The number of nitrogens with two attached hydrogens (primary N) is 1. The first-order valence-corrected chi connectivity index (χ1v) is 7.47. The van der Waals surface area contributed by atoms with Gasteiger partial charge >= 0.3 is 0 Å². The molecule has 0 saturated heterocycles. The van der Waals surface area contributed by atoms with Gasteiger partial charge in [-0.2, -0.15) is 0 Å². The second-order valence-corrected chi connectivity index (χ2v) is 5.74. The van der Waals surface area contributed by atoms with E-state index in [9.17, 15) is 4.39 Å². The molecule has 0 aliphatic carbocycles. The number of aryl methyl sites for hydroxylation is 1. The standard InChI is InChI=1S/C17H17FN2S/c18-16-13(6-3-8-14(16)17(19)21)11-20-10-4-7-12-5-1-2-9-15(12)20/h1-3,5-6,8-9H,4,7,10-11H2,(H2,19,21). The van der Waals surface area contributed by atoms with Gasteiger partial charge in [0.15, 0.2) is 0 Å². The molecule has 1 aliphatic heterocycles. The van der Waals surface area contributed by atoms with Crippen molar-refractivity contribution >= 4 is 22.9 Å². The summed E-state index contributed by atoms with van der Waals surface area (Å²) in [7, 11) is 0. The van der Waals surface area contributed by atoms with Crippen molar-refractivity contribution in [3.8, 4) is 0 Å². The number of anilines is 1. The van der Waals surface area contributed by atoms with E-state index in [4.69, 9.17) is 18.0 Å². The molecule has 0 spiro atoms. The van der Waals surface area contributed by atoms with Crippen LogP contribution in [0.2, 0.25) is 0 Å². The first-order valence-electron chi connectivity index (χ1n) is 7.07. The Morgan fingerprint density at radius 3 is 2.81 bits per heavy atom. The number of halogens is 1. The van der Waals surface area contributed by atoms with Crippen LogP contribution in [-0.2, 0) is 13.0 Å². The summed E-state index contributed by atoms with van der Waals surface area (Å²) in [5.41, 5.74) is 9.06. The maximum absolute atomic E-state index is 14.5. The van der Waals surface area contributed by atoms with Crippen LogP contribution in [0.4, 0.5) is 10.1 Å². The molecular formula is C17H17FN2S. The van der Waals surface area contributed by atoms with E-state index in [2.05, 4.69) is 23.1 Å². The average molecular weight is 300 g/mol. The van der Waals surface area contributed by atoms with Gasteiger partial charge in [-0.25, -0.2) is 4.39 Å². The maximum Gasteiger partial charge on any atom is 0.138 e. The average Bonchev–Trinajstić information content (AvgIpc) is 2.49. The number of rotatable bonds is 3. The molecule has 21 heavy (non-hydrogen) atoms. The Morgan fingerprint density at radius 2 is 2.00 bits per heavy atom. The van der Waals surface area contributed by atoms with E-state index in [0.717, 1.165) is 19.4 Å². The number of thiocarbonyl (C=S) groups is 1. The summed E-state index contributed by atoms with van der Waals surface area (Å²) in [6.07, 6.45) is 2.18. The minimum atomic E-state index is -0.298. The number of benzene rings is 2. The van der Waals surface area contributed by atoms with Crippen molar-refractivity contribution in [2.45, 2.75) is 19.4 Å². The largest absolute Gasteiger partial charge is 0.389 e. The first kappa shape index (κ1) is 14.0. The smallest absolute Gasteiger partial charge is 0.138 e. The fraction of sp³-hybridized carbons (Fsp3) is 0.235. The van der Waals surface area contributed by atoms with Gasteiger partial charge in [-0.3, -0.25) is 0 Å². The topological polar surface area (TPSA) is 29.3 Å². The van der Waals surface area contributed by atoms with Crippen LogP contribution in [0.5, 0.6) is 0 Å². The van der Waals surface area contributed by atoms with Crippen molar-refractivity contribution in [3.05, 3.63) is 65.0 Å². The highest BCUT2D eigenvalue weighted by atomic mass is 32.1. The number of hydrogen-bond donors (Lipinski definition) is 1. The van der Waals surface area contributed by atoms with E-state index >= 15 is 0 Å². The molecule has 2 N–H and O–H groups in total. The highest BCUT2D eigenvalue weighted by Gasteiger charge is 2.18. The van der Waals surface area contributed by atoms with Crippen molar-refractivity contribution < 1.29 is 4.39 Å². The van der Waals surface area contributed by atoms with Crippen molar-refractivity contribution in [2.24, 2.45) is 5.73 Å². The molecule has 1 aliphatic rings. The van der Waals surface area contributed by atoms with Crippen LogP contribution < -0.4 is 10.6 Å². The van der Waals surface area contributed by atoms with Gasteiger partial charge in [0.05, 0.1) is 0 Å². The summed E-state index contributed by atoms with van der Waals surface area (Å²) in [6.45, 7) is 1.48. The monoisotopic (exact) mass is 300 g/mol. The Morgan fingerprint density at radius 1 is 1.19 bits per heavy atom. The molecule has 2 aromatic rings. The van der Waals surface area contributed by atoms with E-state index in [-0.39, 0.29) is 10.8 Å². The lowest BCUT2D eigenvalue weighted by atomic mass is 10.0. The van der Waals surface area contributed by atoms with Crippen LogP contribution in [0.1, 0.15) is 23.1 Å². The Hall–Kier alpha value is -1.94. The molecule has 0 atom stereocenters. The molecule has 0 unspecified atom stereocenters. The Bertz CT molecular complexity index is 684. The normalized spacial score (nSPS) is 13.9. The molecule has 3 rings (SSSR count). The number of nitrogens with zero attached hydrogens (tertiary/aromatic N) is 1. The molecule has 0 bridgehead atoms. The molecule has 4 heteroatoms. The lowest BCUT2D eigenvalue weighted by molar-refractivity contribution is 0.596. The second-order valence-electron chi connectivity index (χ2n) is 5.30. The van der Waals surface area contributed by atoms with Crippen LogP contribution in [-0.4, -0.2) is 11.5 Å². The molecule has 0 amide bonds. The zero-order valence-corrected chi connectivity index (χ0v) is 12.5. The van der Waals surface area contributed by atoms with Gasteiger partial charge < -0.3 is 10.6 Å². The number of para-hydroxylation sites is 1. The lowest BCUT2D eigenvalue weighted by Crippen LogP contribution is -2.29. The van der Waals surface area contributed by atoms with Gasteiger partial charge in [-0.05, 0) is 30.5 Å². The lowest BCUT2D eigenvalue weighted by Gasteiger charge is -2.31. The minimum Gasteiger partial charge on any atom is -0.389 e. The van der Waals surface area contributed by atoms with Crippen LogP contribution in [0.15, 0.2) is 42.5 Å². The van der Waals surface area contributed by atoms with Gasteiger partial charge in [-0.1, -0.05) is 42.5 Å². The third kappa shape index (κ3) is 2.76. The van der Waals surface area contributed by atoms with E-state index in [1.54, 1.807) is 12.1 Å². The summed E-state index contributed by atoms with van der Waals surface area (Å²) in [4.78, 5) is 2.33. The van der Waals surface area contributed by atoms with Crippen LogP contribution >= 0.6 is 12.2 Å². The van der Waals surface area contributed by atoms with E-state index in [0.29, 0.717) is 17.7 Å². The third-order valence-electron chi connectivity index (χ3n) is 3.91. The maximum atomic E-state index is 14.5. The van der Waals surface area contributed by atoms with Gasteiger partial charge in [0.2, 0.25) is 0 Å². The summed E-state index contributed by atoms with van der Waals surface area (Å²) in [5.74, 6) is -0.298. The Kier molecular flexibility index (Phi) is 3.88. The van der Waals surface area contributed by atoms with Gasteiger partial charge in [0.1, 0.15) is 10.8 Å². The van der Waals surface area contributed by atoms with Crippen molar-refractivity contribution in [3.63, 3.8) is 0 Å². The molecule has 2 nitrogen and oxygen atoms in total. The first-order chi connectivity index (χ1) is 10.2. The molecule has 0 saturated carbocycles. The Labute approximate surface area is 129 Å². The fourth-order valence-corrected chi connectivity index (χ4v) is 3.03. The molecule has 108 valence electrons. The highest BCUT2D eigenvalue weighted by Crippen LogP contribution is 2.28. The molecule has 0 radical (unpaired) electrons. The summed E-state index contributed by atoms with van der Waals surface area (Å²) in [5, 5.41) is 0. The summed E-state index contributed by atoms with van der Waals surface area (Å²) < 4.78 is 14.5. The highest BCUT2D eigenvalue weighted by molar-refractivity contribution is 7.80. The van der Waals surface area contributed by atoms with Crippen LogP contribution in [0.3, 0.4) is 0 Å². The van der Waals surface area contributed by atoms with Gasteiger partial charge in [0, 0.05) is 29.9 Å². The van der Waals surface area contributed by atoms with E-state index in [1.165, 1.54) is 11.3 Å². The SMILES string of the molecule is NC(=S)c1cccc(CN2CCCc3ccccc32)c1F. The summed E-state index contributed by atoms with van der Waals surface area (Å²) >= 11 is 4.90. The number of hydrogen-bond acceptors (Lipinski definition) is 2. The third-order valence-corrected chi connectivity index (χ3v) is 4.13. The Balaban J connectivity index is 1.92. The zero-order chi connectivity index (χ0) is 14.8. The van der Waals surface area contributed by atoms with Gasteiger partial charge in [0.25, 0.3) is 0 Å². The molecule has 0 aromatic heterocycles. The quantitative estimate of drug-likeness (QED) is 0.881. The van der Waals surface area contributed by atoms with E-state index in [1.807, 2.05) is 12.1 Å². The van der Waals surface area contributed by atoms with Crippen LogP contribution in [0, 0.1) is 5.82 Å². The summed E-state index contributed by atoms with van der Waals surface area (Å²) in [6, 6.07) is 13.6. The number of fused-ring (bicyclic) bond motifs is 1. The molecule has 2 aromatic carbocycles. The van der Waals surface area contributed by atoms with Crippen molar-refractivity contribution in [2.75, 3.05) is 11.4 Å². The predicted molar refractivity (Wildman–Crippen MR) is 88.1 cm³/mol. The van der Waals surface area contributed by atoms with E-state index < -0.39 is 0 Å². The predicted octanol–water partition coefficient (Wildman–Crippen LogP) is 3.41.